The van der Waals surface area contributed by atoms with Gasteiger partial charge < -0.3 is 24.8 Å². The van der Waals surface area contributed by atoms with Gasteiger partial charge in [-0.2, -0.15) is 0 Å². The van der Waals surface area contributed by atoms with Crippen LogP contribution in [0.4, 0.5) is 0 Å². The largest absolute Gasteiger partial charge is 1.00 e. The van der Waals surface area contributed by atoms with Gasteiger partial charge in [0, 0.05) is 0 Å². The maximum Gasteiger partial charge on any atom is -1.00 e. The van der Waals surface area contributed by atoms with E-state index in [1.807, 2.05) is 0 Å². The standard InChI is InChI=1S/C20H19Si.2ClH.Zr/c1-21(2,15-9-3-4-10-15)20-18-13-7-5-11-16(18)17-12-6-8-14-19(17)20;;;/h3-9,11-14H,10H2,1-2H3;2*1H;/q;;;+2/p-2. The Bertz CT molecular complexity index is 778. The third-order valence-corrected chi connectivity index (χ3v) is 15.8. The van der Waals surface area contributed by atoms with Gasteiger partial charge in [0.1, 0.15) is 0 Å². The molecule has 2 aromatic rings. The van der Waals surface area contributed by atoms with Crippen molar-refractivity contribution in [2.24, 2.45) is 0 Å². The van der Waals surface area contributed by atoms with E-state index in [2.05, 4.69) is 79.9 Å². The van der Waals surface area contributed by atoms with Gasteiger partial charge in [-0.3, -0.25) is 0 Å². The molecule has 0 fully saturated rings. The first-order valence-corrected chi connectivity index (χ1v) is 12.1. The van der Waals surface area contributed by atoms with Crippen LogP contribution in [0.15, 0.2) is 72.0 Å². The number of hydrogen-bond acceptors (Lipinski definition) is 0. The molecule has 0 unspecified atom stereocenters. The summed E-state index contributed by atoms with van der Waals surface area (Å²) in [5.41, 5.74) is 6.06. The van der Waals surface area contributed by atoms with Crippen LogP contribution in [0.5, 0.6) is 0 Å². The Morgan fingerprint density at radius 3 is 1.83 bits per heavy atom. The van der Waals surface area contributed by atoms with Crippen molar-refractivity contribution in [1.29, 1.82) is 0 Å². The van der Waals surface area contributed by atoms with Crippen LogP contribution in [-0.4, -0.2) is 8.07 Å². The van der Waals surface area contributed by atoms with Gasteiger partial charge in [0.2, 0.25) is 0 Å². The van der Waals surface area contributed by atoms with Crippen molar-refractivity contribution in [3.05, 3.63) is 83.1 Å². The zero-order chi connectivity index (χ0) is 15.4. The normalized spacial score (nSPS) is 16.6. The maximum atomic E-state index is 2.57. The zero-order valence-corrected chi connectivity index (χ0v) is 18.8. The summed E-state index contributed by atoms with van der Waals surface area (Å²) in [5, 5.41) is 1.69. The molecule has 2 aromatic carbocycles. The van der Waals surface area contributed by atoms with Gasteiger partial charge in [-0.25, -0.2) is 0 Å². The number of benzene rings is 2. The van der Waals surface area contributed by atoms with E-state index in [-0.39, 0.29) is 27.6 Å². The predicted molar refractivity (Wildman–Crippen MR) is 92.0 cm³/mol. The molecule has 2 aliphatic carbocycles. The topological polar surface area (TPSA) is 0 Å². The average Bonchev–Trinajstić information content (AvgIpc) is 3.16. The second-order valence-corrected chi connectivity index (χ2v) is 14.5. The third kappa shape index (κ3) is 2.58. The molecule has 4 rings (SSSR count). The SMILES string of the molecule is C[Si](C)(C1=CC=CC1)[C]1([Zr+2])c2ccccc2-c2ccccc21.[Cl-].[Cl-]. The molecule has 0 saturated carbocycles. The summed E-state index contributed by atoms with van der Waals surface area (Å²) >= 11 is 1.64. The summed E-state index contributed by atoms with van der Waals surface area (Å²) in [6.45, 7) is 5.14. The molecule has 4 heteroatoms. The summed E-state index contributed by atoms with van der Waals surface area (Å²) in [7, 11) is -1.63. The first kappa shape index (κ1) is 19.9. The van der Waals surface area contributed by atoms with E-state index in [1.54, 1.807) is 41.0 Å². The summed E-state index contributed by atoms with van der Waals surface area (Å²) in [6.07, 6.45) is 8.10. The summed E-state index contributed by atoms with van der Waals surface area (Å²) in [4.78, 5) is 0. The van der Waals surface area contributed by atoms with Crippen molar-refractivity contribution in [3.63, 3.8) is 0 Å². The van der Waals surface area contributed by atoms with Gasteiger partial charge in [-0.15, -0.1) is 0 Å². The fourth-order valence-electron chi connectivity index (χ4n) is 4.06. The Hall–Kier alpha value is -0.400. The van der Waals surface area contributed by atoms with Crippen molar-refractivity contribution in [2.45, 2.75) is 22.3 Å². The van der Waals surface area contributed by atoms with E-state index < -0.39 is 8.07 Å². The molecule has 121 valence electrons. The molecule has 0 heterocycles. The minimum atomic E-state index is -1.63. The van der Waals surface area contributed by atoms with Crippen LogP contribution < -0.4 is 24.8 Å². The molecule has 0 atom stereocenters. The molecular weight excluding hydrogens is 430 g/mol. The molecule has 0 spiro atoms. The van der Waals surface area contributed by atoms with E-state index >= 15 is 0 Å². The predicted octanol–water partition coefficient (Wildman–Crippen LogP) is -0.861. The summed E-state index contributed by atoms with van der Waals surface area (Å²) < 4.78 is 0.241. The Morgan fingerprint density at radius 1 is 0.875 bits per heavy atom. The van der Waals surface area contributed by atoms with Crippen LogP contribution in [0.25, 0.3) is 11.1 Å². The molecular formula is C20H19Cl2SiZr. The molecule has 0 bridgehead atoms. The van der Waals surface area contributed by atoms with Crippen molar-refractivity contribution in [3.8, 4) is 11.1 Å². The first-order valence-electron chi connectivity index (χ1n) is 7.87. The smallest absolute Gasteiger partial charge is 1.00 e. The minimum Gasteiger partial charge on any atom is -1.00 e. The Balaban J connectivity index is 0.00000104. The molecule has 24 heavy (non-hydrogen) atoms. The van der Waals surface area contributed by atoms with E-state index in [4.69, 9.17) is 0 Å². The van der Waals surface area contributed by atoms with Gasteiger partial charge in [0.15, 0.2) is 0 Å². The van der Waals surface area contributed by atoms with Crippen molar-refractivity contribution in [1.82, 2.24) is 0 Å². The minimum absolute atomic E-state index is 0. The second-order valence-electron chi connectivity index (χ2n) is 6.79. The average molecular weight is 450 g/mol. The number of rotatable bonds is 2. The third-order valence-electron chi connectivity index (χ3n) is 5.46. The van der Waals surface area contributed by atoms with Gasteiger partial charge in [-0.05, 0) is 0 Å². The van der Waals surface area contributed by atoms with Crippen LogP contribution in [0.2, 0.25) is 13.1 Å². The molecule has 0 aliphatic heterocycles. The monoisotopic (exact) mass is 447 g/mol. The van der Waals surface area contributed by atoms with Crippen molar-refractivity contribution >= 4 is 8.07 Å². The van der Waals surface area contributed by atoms with E-state index in [1.165, 1.54) is 11.1 Å². The fraction of sp³-hybridized carbons (Fsp3) is 0.200. The second kappa shape index (κ2) is 7.08. The van der Waals surface area contributed by atoms with Crippen molar-refractivity contribution < 1.29 is 49.5 Å². The van der Waals surface area contributed by atoms with Gasteiger partial charge in [0.05, 0.1) is 0 Å². The van der Waals surface area contributed by atoms with Gasteiger partial charge >= 0.3 is 149 Å². The molecule has 0 N–H and O–H groups in total. The molecule has 0 amide bonds. The number of hydrogen-bond donors (Lipinski definition) is 0. The van der Waals surface area contributed by atoms with Crippen LogP contribution in [0, 0.1) is 0 Å². The Labute approximate surface area is 173 Å². The summed E-state index contributed by atoms with van der Waals surface area (Å²) in [6, 6.07) is 18.2. The summed E-state index contributed by atoms with van der Waals surface area (Å²) in [5.74, 6) is 0. The maximum absolute atomic E-state index is 2.57. The van der Waals surface area contributed by atoms with Gasteiger partial charge in [0.25, 0.3) is 0 Å². The fourth-order valence-corrected chi connectivity index (χ4v) is 9.72. The number of allylic oxidation sites excluding steroid dienone is 4. The molecule has 0 aromatic heterocycles. The van der Waals surface area contributed by atoms with Gasteiger partial charge in [-0.1, -0.05) is 0 Å². The Kier molecular flexibility index (Phi) is 5.87. The molecule has 0 saturated heterocycles. The van der Waals surface area contributed by atoms with E-state index in [0.29, 0.717) is 0 Å². The molecule has 0 radical (unpaired) electrons. The van der Waals surface area contributed by atoms with Crippen LogP contribution >= 0.6 is 0 Å². The van der Waals surface area contributed by atoms with Crippen molar-refractivity contribution in [2.75, 3.05) is 0 Å². The molecule has 2 aliphatic rings. The quantitative estimate of drug-likeness (QED) is 0.524. The Morgan fingerprint density at radius 2 is 1.38 bits per heavy atom. The number of halogens is 2. The van der Waals surface area contributed by atoms with E-state index in [0.717, 1.165) is 6.42 Å². The first-order chi connectivity index (χ1) is 10.6. The number of fused-ring (bicyclic) bond motifs is 3. The van der Waals surface area contributed by atoms with Crippen LogP contribution in [0.3, 0.4) is 0 Å². The van der Waals surface area contributed by atoms with Crippen LogP contribution in [-0.2, 0) is 27.5 Å². The molecule has 0 nitrogen and oxygen atoms in total. The van der Waals surface area contributed by atoms with E-state index in [9.17, 15) is 0 Å². The zero-order valence-electron chi connectivity index (χ0n) is 13.8. The van der Waals surface area contributed by atoms with Crippen LogP contribution in [0.1, 0.15) is 17.5 Å².